The summed E-state index contributed by atoms with van der Waals surface area (Å²) in [6.07, 6.45) is 7.18. The molecule has 170 valence electrons. The van der Waals surface area contributed by atoms with Crippen LogP contribution >= 0.6 is 0 Å². The SMILES string of the molecule is C[C@H](C[C@@H]1CC[C@H]([C@@H](C)C(=O)N2CCCC2)O1)n1cc(C#CCN2CCOCC2)nn1. The number of likely N-dealkylation sites (tertiary alicyclic amines) is 1. The van der Waals surface area contributed by atoms with Gasteiger partial charge in [0.1, 0.15) is 0 Å². The van der Waals surface area contributed by atoms with Crippen LogP contribution in [-0.4, -0.2) is 88.8 Å². The fourth-order valence-electron chi connectivity index (χ4n) is 4.70. The van der Waals surface area contributed by atoms with Gasteiger partial charge in [0.25, 0.3) is 0 Å². The van der Waals surface area contributed by atoms with Crippen LogP contribution in [0.2, 0.25) is 0 Å². The quantitative estimate of drug-likeness (QED) is 0.641. The van der Waals surface area contributed by atoms with E-state index in [1.165, 1.54) is 0 Å². The van der Waals surface area contributed by atoms with Crippen molar-refractivity contribution in [2.75, 3.05) is 45.9 Å². The van der Waals surface area contributed by atoms with Gasteiger partial charge in [-0.2, -0.15) is 0 Å². The van der Waals surface area contributed by atoms with Crippen molar-refractivity contribution in [2.45, 2.75) is 64.2 Å². The number of hydrogen-bond acceptors (Lipinski definition) is 6. The topological polar surface area (TPSA) is 72.7 Å². The summed E-state index contributed by atoms with van der Waals surface area (Å²) in [5.74, 6) is 6.51. The lowest BCUT2D eigenvalue weighted by molar-refractivity contribution is -0.138. The van der Waals surface area contributed by atoms with Crippen LogP contribution in [0.3, 0.4) is 0 Å². The highest BCUT2D eigenvalue weighted by atomic mass is 16.5. The normalized spacial score (nSPS) is 26.5. The number of rotatable bonds is 6. The van der Waals surface area contributed by atoms with Gasteiger partial charge in [0.05, 0.1) is 50.1 Å². The maximum Gasteiger partial charge on any atom is 0.228 e. The molecule has 4 rings (SSSR count). The number of aromatic nitrogens is 3. The molecule has 0 spiro atoms. The molecule has 3 aliphatic rings. The molecule has 3 aliphatic heterocycles. The lowest BCUT2D eigenvalue weighted by Gasteiger charge is -2.25. The third kappa shape index (κ3) is 5.85. The Morgan fingerprint density at radius 2 is 1.97 bits per heavy atom. The molecule has 4 heterocycles. The van der Waals surface area contributed by atoms with E-state index in [-0.39, 0.29) is 30.1 Å². The number of amides is 1. The zero-order valence-corrected chi connectivity index (χ0v) is 18.8. The molecule has 8 heteroatoms. The average molecular weight is 430 g/mol. The van der Waals surface area contributed by atoms with E-state index in [9.17, 15) is 4.79 Å². The summed E-state index contributed by atoms with van der Waals surface area (Å²) in [5.41, 5.74) is 0.704. The zero-order chi connectivity index (χ0) is 21.6. The van der Waals surface area contributed by atoms with Gasteiger partial charge in [-0.05, 0) is 44.9 Å². The van der Waals surface area contributed by atoms with Crippen LogP contribution in [0.1, 0.15) is 57.7 Å². The smallest absolute Gasteiger partial charge is 0.228 e. The van der Waals surface area contributed by atoms with Crippen molar-refractivity contribution in [3.8, 4) is 11.8 Å². The minimum atomic E-state index is -0.0573. The molecular weight excluding hydrogens is 394 g/mol. The van der Waals surface area contributed by atoms with Gasteiger partial charge in [0.2, 0.25) is 5.91 Å². The summed E-state index contributed by atoms with van der Waals surface area (Å²) in [4.78, 5) is 17.0. The Hall–Kier alpha value is -1.95. The monoisotopic (exact) mass is 429 g/mol. The second-order valence-corrected chi connectivity index (χ2v) is 9.05. The highest BCUT2D eigenvalue weighted by Gasteiger charge is 2.36. The largest absolute Gasteiger partial charge is 0.379 e. The summed E-state index contributed by atoms with van der Waals surface area (Å²) >= 11 is 0. The Morgan fingerprint density at radius 3 is 2.74 bits per heavy atom. The van der Waals surface area contributed by atoms with E-state index >= 15 is 0 Å². The highest BCUT2D eigenvalue weighted by molar-refractivity contribution is 5.79. The van der Waals surface area contributed by atoms with Crippen LogP contribution in [0, 0.1) is 17.8 Å². The van der Waals surface area contributed by atoms with Gasteiger partial charge in [0.15, 0.2) is 5.69 Å². The maximum atomic E-state index is 12.7. The van der Waals surface area contributed by atoms with E-state index in [1.54, 1.807) is 0 Å². The van der Waals surface area contributed by atoms with Crippen molar-refractivity contribution < 1.29 is 14.3 Å². The first-order valence-corrected chi connectivity index (χ1v) is 11.7. The number of nitrogens with zero attached hydrogens (tertiary/aromatic N) is 5. The molecule has 3 saturated heterocycles. The van der Waals surface area contributed by atoms with E-state index < -0.39 is 0 Å². The Morgan fingerprint density at radius 1 is 1.19 bits per heavy atom. The summed E-state index contributed by atoms with van der Waals surface area (Å²) in [7, 11) is 0. The van der Waals surface area contributed by atoms with Gasteiger partial charge < -0.3 is 14.4 Å². The third-order valence-electron chi connectivity index (χ3n) is 6.69. The molecule has 31 heavy (non-hydrogen) atoms. The molecule has 1 aromatic heterocycles. The second-order valence-electron chi connectivity index (χ2n) is 9.05. The molecule has 0 saturated carbocycles. The molecule has 0 unspecified atom stereocenters. The summed E-state index contributed by atoms with van der Waals surface area (Å²) < 4.78 is 13.5. The van der Waals surface area contributed by atoms with E-state index in [0.717, 1.165) is 78.0 Å². The van der Waals surface area contributed by atoms with Crippen LogP contribution in [-0.2, 0) is 14.3 Å². The van der Waals surface area contributed by atoms with Gasteiger partial charge in [-0.15, -0.1) is 5.10 Å². The predicted octanol–water partition coefficient (Wildman–Crippen LogP) is 1.72. The molecule has 0 radical (unpaired) electrons. The molecule has 3 fully saturated rings. The van der Waals surface area contributed by atoms with Crippen LogP contribution in [0.4, 0.5) is 0 Å². The van der Waals surface area contributed by atoms with Crippen molar-refractivity contribution in [3.63, 3.8) is 0 Å². The molecule has 4 atom stereocenters. The Labute approximate surface area is 185 Å². The van der Waals surface area contributed by atoms with Crippen molar-refractivity contribution in [3.05, 3.63) is 11.9 Å². The average Bonchev–Trinajstić information content (AvgIpc) is 3.55. The van der Waals surface area contributed by atoms with E-state index in [2.05, 4.69) is 34.0 Å². The minimum Gasteiger partial charge on any atom is -0.379 e. The first-order valence-electron chi connectivity index (χ1n) is 11.7. The zero-order valence-electron chi connectivity index (χ0n) is 18.8. The molecule has 8 nitrogen and oxygen atoms in total. The van der Waals surface area contributed by atoms with Crippen molar-refractivity contribution in [1.29, 1.82) is 0 Å². The molecule has 1 aromatic rings. The fourth-order valence-corrected chi connectivity index (χ4v) is 4.70. The van der Waals surface area contributed by atoms with Crippen molar-refractivity contribution in [1.82, 2.24) is 24.8 Å². The van der Waals surface area contributed by atoms with Crippen LogP contribution in [0.25, 0.3) is 0 Å². The van der Waals surface area contributed by atoms with Crippen LogP contribution < -0.4 is 0 Å². The van der Waals surface area contributed by atoms with Gasteiger partial charge in [-0.3, -0.25) is 9.69 Å². The number of ether oxygens (including phenoxy) is 2. The maximum absolute atomic E-state index is 12.7. The van der Waals surface area contributed by atoms with Gasteiger partial charge in [-0.25, -0.2) is 4.68 Å². The van der Waals surface area contributed by atoms with E-state index in [0.29, 0.717) is 5.69 Å². The summed E-state index contributed by atoms with van der Waals surface area (Å²) in [6.45, 7) is 10.1. The number of carbonyl (C=O) groups is 1. The molecule has 0 bridgehead atoms. The molecular formula is C23H35N5O3. The predicted molar refractivity (Wildman–Crippen MR) is 116 cm³/mol. The standard InChI is InChI=1S/C23H35N5O3/c1-18(28-17-20(24-25-28)6-5-9-26-12-14-30-15-13-26)16-21-7-8-22(31-21)19(2)23(29)27-10-3-4-11-27/h17-19,21-22H,3-4,7-16H2,1-2H3/t18-,19-,21+,22-/m1/s1. The Kier molecular flexibility index (Phi) is 7.59. The molecule has 0 N–H and O–H groups in total. The number of morpholine rings is 1. The third-order valence-corrected chi connectivity index (χ3v) is 6.69. The van der Waals surface area contributed by atoms with Gasteiger partial charge in [-0.1, -0.05) is 18.1 Å². The van der Waals surface area contributed by atoms with Crippen molar-refractivity contribution in [2.24, 2.45) is 5.92 Å². The number of hydrogen-bond donors (Lipinski definition) is 0. The summed E-state index contributed by atoms with van der Waals surface area (Å²) in [6, 6.07) is 0.177. The van der Waals surface area contributed by atoms with Crippen LogP contribution in [0.15, 0.2) is 6.20 Å². The van der Waals surface area contributed by atoms with E-state index in [1.807, 2.05) is 22.7 Å². The lowest BCUT2D eigenvalue weighted by atomic mass is 9.99. The highest BCUT2D eigenvalue weighted by Crippen LogP contribution is 2.31. The Balaban J connectivity index is 1.23. The number of carbonyl (C=O) groups excluding carboxylic acids is 1. The van der Waals surface area contributed by atoms with Crippen molar-refractivity contribution >= 4 is 5.91 Å². The fraction of sp³-hybridized carbons (Fsp3) is 0.783. The van der Waals surface area contributed by atoms with E-state index in [4.69, 9.17) is 9.47 Å². The molecule has 1 amide bonds. The minimum absolute atomic E-state index is 0.0302. The first-order chi connectivity index (χ1) is 15.1. The lowest BCUT2D eigenvalue weighted by Crippen LogP contribution is -2.38. The Bertz CT molecular complexity index is 789. The second kappa shape index (κ2) is 10.6. The van der Waals surface area contributed by atoms with Gasteiger partial charge >= 0.3 is 0 Å². The molecule has 0 aromatic carbocycles. The molecule has 0 aliphatic carbocycles. The van der Waals surface area contributed by atoms with Gasteiger partial charge in [0, 0.05) is 26.2 Å². The summed E-state index contributed by atoms with van der Waals surface area (Å²) in [5, 5.41) is 8.48. The first kappa shape index (κ1) is 22.3. The van der Waals surface area contributed by atoms with Crippen LogP contribution in [0.5, 0.6) is 0 Å².